The van der Waals surface area contributed by atoms with Gasteiger partial charge in [0.25, 0.3) is 0 Å². The number of nitrogens with zero attached hydrogens (tertiary/aromatic N) is 4. The number of ether oxygens (including phenoxy) is 2. The van der Waals surface area contributed by atoms with Crippen LogP contribution in [0.1, 0.15) is 32.1 Å². The predicted octanol–water partition coefficient (Wildman–Crippen LogP) is -0.202. The largest absolute Gasteiger partial charge is 0.504 e. The predicted molar refractivity (Wildman–Crippen MR) is 212 cm³/mol. The van der Waals surface area contributed by atoms with Crippen LogP contribution < -0.4 is 21.1 Å². The lowest BCUT2D eigenvalue weighted by Gasteiger charge is -2.30. The van der Waals surface area contributed by atoms with Crippen LogP contribution in [0.5, 0.6) is 17.2 Å². The number of anilines is 1. The Hall–Kier alpha value is -4.08. The van der Waals surface area contributed by atoms with Gasteiger partial charge < -0.3 is 65.8 Å². The topological polar surface area (TPSA) is 413 Å². The molecule has 1 aromatic carbocycles. The smallest absolute Gasteiger partial charge is 0.481 e. The van der Waals surface area contributed by atoms with Crippen molar-refractivity contribution in [3.05, 3.63) is 36.4 Å². The molecule has 62 heavy (non-hydrogen) atoms. The Morgan fingerprint density at radius 2 is 1.74 bits per heavy atom. The molecule has 0 bridgehead atoms. The molecule has 0 saturated carbocycles. The van der Waals surface area contributed by atoms with Crippen LogP contribution in [-0.2, 0) is 50.7 Å². The van der Waals surface area contributed by atoms with Gasteiger partial charge >= 0.3 is 23.5 Å². The summed E-state index contributed by atoms with van der Waals surface area (Å²) in [5.41, 5.74) is 4.58. The standard InChI is InChI=1S/C31H44N7O20P3S/c1-31(2,26(44)29(45)34-7-6-20(40)33-8-9-62-21(41)5-4-16-10-17(39)23(42)18(11-16)53-3)13-55-61(51,52)58-60(49,50)54-12-19-25(57-59(46,47)48)24(43)30(56-19)38-15-37-22-27(32)35-14-36-28(22)38/h4-5,10-11,14-15,19,24-26,30,39,42-44H,6-9,12-13H2,1-3H3,(H,33,40)(H,34,45)(H,49,50)(H,51,52)(H2,32,35,36)(H2,46,47,48). The summed E-state index contributed by atoms with van der Waals surface area (Å²) in [4.78, 5) is 88.0. The van der Waals surface area contributed by atoms with E-state index in [0.29, 0.717) is 5.56 Å². The summed E-state index contributed by atoms with van der Waals surface area (Å²) < 4.78 is 67.1. The number of benzene rings is 1. The van der Waals surface area contributed by atoms with Crippen molar-refractivity contribution in [3.63, 3.8) is 0 Å². The first-order valence-electron chi connectivity index (χ1n) is 17.7. The van der Waals surface area contributed by atoms with Gasteiger partial charge in [0.2, 0.25) is 22.7 Å². The molecule has 0 aliphatic carbocycles. The number of nitrogen functional groups attached to an aromatic ring is 1. The quantitative estimate of drug-likeness (QED) is 0.0269. The maximum atomic E-state index is 12.7. The number of aliphatic hydroxyl groups excluding tert-OH is 2. The zero-order valence-electron chi connectivity index (χ0n) is 32.7. The molecule has 1 saturated heterocycles. The number of fused-ring (bicyclic) bond motifs is 1. The van der Waals surface area contributed by atoms with Gasteiger partial charge in [-0.3, -0.25) is 32.5 Å². The van der Waals surface area contributed by atoms with E-state index >= 15 is 0 Å². The van der Waals surface area contributed by atoms with Crippen LogP contribution in [0.2, 0.25) is 0 Å². The molecule has 1 fully saturated rings. The third-order valence-corrected chi connectivity index (χ3v) is 12.4. The number of imidazole rings is 1. The molecule has 4 rings (SSSR count). The van der Waals surface area contributed by atoms with E-state index in [1.807, 2.05) is 0 Å². The van der Waals surface area contributed by atoms with Crippen molar-refractivity contribution in [3.8, 4) is 17.2 Å². The molecule has 7 atom stereocenters. The molecule has 0 radical (unpaired) electrons. The fourth-order valence-corrected chi connectivity index (χ4v) is 8.76. The van der Waals surface area contributed by atoms with Gasteiger partial charge in [0.05, 0.1) is 26.7 Å². The van der Waals surface area contributed by atoms with Gasteiger partial charge in [-0.2, -0.15) is 4.31 Å². The Kier molecular flexibility index (Phi) is 17.2. The minimum atomic E-state index is -5.60. The molecule has 7 unspecified atom stereocenters. The van der Waals surface area contributed by atoms with E-state index < -0.39 is 96.1 Å². The SMILES string of the molecule is COc1cc(C=CC(=O)SCCNC(=O)CCNC(=O)C(O)C(C)(C)COP(=O)(O)OP(=O)(O)OCC2OC(n3cnc4c(N)ncnc43)C(O)C2OP(=O)(O)O)cc(O)c1O. The van der Waals surface area contributed by atoms with E-state index in [2.05, 4.69) is 34.4 Å². The molecule has 31 heteroatoms. The van der Waals surface area contributed by atoms with E-state index in [1.165, 1.54) is 45.2 Å². The minimum Gasteiger partial charge on any atom is -0.504 e. The van der Waals surface area contributed by atoms with Crippen molar-refractivity contribution in [2.45, 2.75) is 50.9 Å². The number of phenols is 2. The number of phosphoric ester groups is 3. The summed E-state index contributed by atoms with van der Waals surface area (Å²) in [6.45, 7) is 0.199. The van der Waals surface area contributed by atoms with Gasteiger partial charge in [0, 0.05) is 30.7 Å². The van der Waals surface area contributed by atoms with Crippen molar-refractivity contribution in [2.24, 2.45) is 5.41 Å². The molecule has 0 spiro atoms. The third-order valence-electron chi connectivity index (χ3n) is 8.46. The molecular weight excluding hydrogens is 915 g/mol. The molecule has 1 aliphatic rings. The van der Waals surface area contributed by atoms with Crippen LogP contribution >= 0.6 is 35.2 Å². The van der Waals surface area contributed by atoms with Crippen molar-refractivity contribution < 1.29 is 95.4 Å². The average molecular weight is 960 g/mol. The number of carbonyl (C=O) groups excluding carboxylic acids is 3. The number of nitrogens with one attached hydrogen (secondary N) is 2. The number of aromatic hydroxyl groups is 2. The number of amides is 2. The summed E-state index contributed by atoms with van der Waals surface area (Å²) in [5.74, 6) is -2.28. The highest BCUT2D eigenvalue weighted by Crippen LogP contribution is 2.61. The maximum Gasteiger partial charge on any atom is 0.481 e. The highest BCUT2D eigenvalue weighted by molar-refractivity contribution is 8.14. The molecule has 1 aliphatic heterocycles. The van der Waals surface area contributed by atoms with Crippen molar-refractivity contribution in [2.75, 3.05) is 44.9 Å². The molecule has 2 amide bonds. The number of methoxy groups -OCH3 is 1. The van der Waals surface area contributed by atoms with E-state index in [1.54, 1.807) is 0 Å². The Bertz CT molecular complexity index is 2280. The number of aromatic nitrogens is 4. The van der Waals surface area contributed by atoms with Crippen LogP contribution in [0.15, 0.2) is 30.9 Å². The van der Waals surface area contributed by atoms with Gasteiger partial charge in [0.15, 0.2) is 29.2 Å². The number of phosphoric acid groups is 3. The number of carbonyl (C=O) groups is 3. The molecule has 3 heterocycles. The van der Waals surface area contributed by atoms with Gasteiger partial charge in [0.1, 0.15) is 36.3 Å². The zero-order chi connectivity index (χ0) is 46.2. The lowest BCUT2D eigenvalue weighted by atomic mass is 9.87. The fourth-order valence-electron chi connectivity index (χ4n) is 5.36. The van der Waals surface area contributed by atoms with Crippen molar-refractivity contribution in [1.29, 1.82) is 0 Å². The lowest BCUT2D eigenvalue weighted by molar-refractivity contribution is -0.137. The van der Waals surface area contributed by atoms with Crippen LogP contribution in [0.4, 0.5) is 5.82 Å². The Balaban J connectivity index is 1.20. The van der Waals surface area contributed by atoms with E-state index in [-0.39, 0.29) is 53.1 Å². The molecule has 12 N–H and O–H groups in total. The van der Waals surface area contributed by atoms with Gasteiger partial charge in [-0.25, -0.2) is 28.6 Å². The Morgan fingerprint density at radius 1 is 1.05 bits per heavy atom. The van der Waals surface area contributed by atoms with Crippen LogP contribution in [0.25, 0.3) is 17.2 Å². The number of aliphatic hydroxyl groups is 2. The summed E-state index contributed by atoms with van der Waals surface area (Å²) in [6.07, 6.45) is -4.51. The molecule has 2 aromatic heterocycles. The maximum absolute atomic E-state index is 12.7. The molecular formula is C31H44N7O20P3S. The van der Waals surface area contributed by atoms with Crippen LogP contribution in [0.3, 0.4) is 0 Å². The zero-order valence-corrected chi connectivity index (χ0v) is 36.2. The van der Waals surface area contributed by atoms with Gasteiger partial charge in [-0.1, -0.05) is 31.7 Å². The lowest BCUT2D eigenvalue weighted by Crippen LogP contribution is -2.46. The monoisotopic (exact) mass is 959 g/mol. The van der Waals surface area contributed by atoms with Gasteiger partial charge in [-0.15, -0.1) is 0 Å². The molecule has 3 aromatic rings. The number of thioether (sulfide) groups is 1. The van der Waals surface area contributed by atoms with Crippen molar-refractivity contribution in [1.82, 2.24) is 30.2 Å². The van der Waals surface area contributed by atoms with E-state index in [9.17, 15) is 68.1 Å². The number of phenolic OH excluding ortho intramolecular Hbond substituents is 2. The fraction of sp³-hybridized carbons (Fsp3) is 0.484. The summed E-state index contributed by atoms with van der Waals surface area (Å²) in [5, 5.41) is 45.4. The summed E-state index contributed by atoms with van der Waals surface area (Å²) in [7, 11) is -15.2. The first-order valence-corrected chi connectivity index (χ1v) is 23.2. The number of hydrogen-bond donors (Lipinski definition) is 11. The number of hydrogen-bond acceptors (Lipinski definition) is 21. The van der Waals surface area contributed by atoms with E-state index in [4.69, 9.17) is 24.3 Å². The first kappa shape index (κ1) is 50.6. The minimum absolute atomic E-state index is 0.0102. The highest BCUT2D eigenvalue weighted by atomic mass is 32.2. The highest BCUT2D eigenvalue weighted by Gasteiger charge is 2.50. The average Bonchev–Trinajstić information content (AvgIpc) is 3.74. The summed E-state index contributed by atoms with van der Waals surface area (Å²) in [6, 6.07) is 2.63. The second-order valence-electron chi connectivity index (χ2n) is 13.7. The van der Waals surface area contributed by atoms with Gasteiger partial charge in [-0.05, 0) is 23.8 Å². The normalized spacial score (nSPS) is 20.7. The second-order valence-corrected chi connectivity index (χ2v) is 19.0. The van der Waals surface area contributed by atoms with Crippen LogP contribution in [0, 0.1) is 5.41 Å². The van der Waals surface area contributed by atoms with Crippen molar-refractivity contribution >= 4 is 75.2 Å². The third kappa shape index (κ3) is 14.2. The number of rotatable bonds is 22. The first-order chi connectivity index (χ1) is 28.8. The number of nitrogens with two attached hydrogens (primary N) is 1. The second kappa shape index (κ2) is 21.1. The van der Waals surface area contributed by atoms with E-state index in [0.717, 1.165) is 29.0 Å². The Labute approximate surface area is 355 Å². The molecule has 344 valence electrons. The van der Waals surface area contributed by atoms with Crippen LogP contribution in [-0.4, -0.2) is 140 Å². The Morgan fingerprint density at radius 3 is 2.42 bits per heavy atom. The molecule has 27 nitrogen and oxygen atoms in total. The summed E-state index contributed by atoms with van der Waals surface area (Å²) >= 11 is 0.877.